The molecule has 0 spiro atoms. The van der Waals surface area contributed by atoms with Gasteiger partial charge in [-0.15, -0.1) is 0 Å². The van der Waals surface area contributed by atoms with E-state index in [1.54, 1.807) is 4.90 Å². The minimum Gasteiger partial charge on any atom is -0.432 e. The SMILES string of the molecule is C[C@H]1[C@H]([Si](C)(C)O)[C@@H](CC(=O)N2Cc3ccccc3C[C@H]2CO)O[C@H]1CCc1cccc(N2C(=O)c3cccc4cccc2c34)c1. The van der Waals surface area contributed by atoms with Crippen LogP contribution in [-0.2, 0) is 28.9 Å². The Morgan fingerprint density at radius 3 is 2.46 bits per heavy atom. The summed E-state index contributed by atoms with van der Waals surface area (Å²) in [6.45, 7) is 6.43. The van der Waals surface area contributed by atoms with Crippen LogP contribution >= 0.6 is 0 Å². The molecule has 3 aliphatic rings. The summed E-state index contributed by atoms with van der Waals surface area (Å²) in [5.41, 5.74) is 5.81. The molecule has 1 saturated heterocycles. The lowest BCUT2D eigenvalue weighted by molar-refractivity contribution is -0.138. The van der Waals surface area contributed by atoms with Gasteiger partial charge in [0.1, 0.15) is 0 Å². The second-order valence-electron chi connectivity index (χ2n) is 13.8. The van der Waals surface area contributed by atoms with Crippen molar-refractivity contribution < 1.29 is 24.2 Å². The molecule has 2 amide bonds. The van der Waals surface area contributed by atoms with Crippen LogP contribution in [0.15, 0.2) is 84.9 Å². The average molecular weight is 635 g/mol. The first-order valence-corrected chi connectivity index (χ1v) is 19.5. The van der Waals surface area contributed by atoms with E-state index in [4.69, 9.17) is 4.74 Å². The molecule has 3 aliphatic heterocycles. The molecule has 4 aromatic rings. The van der Waals surface area contributed by atoms with Gasteiger partial charge >= 0.3 is 0 Å². The highest BCUT2D eigenvalue weighted by Gasteiger charge is 2.50. The van der Waals surface area contributed by atoms with Crippen LogP contribution in [0.5, 0.6) is 0 Å². The fraction of sp³-hybridized carbons (Fsp3) is 0.368. The highest BCUT2D eigenvalue weighted by molar-refractivity contribution is 6.71. The second kappa shape index (κ2) is 12.1. The smallest absolute Gasteiger partial charge is 0.263 e. The summed E-state index contributed by atoms with van der Waals surface area (Å²) in [5, 5.41) is 12.2. The van der Waals surface area contributed by atoms with E-state index in [0.29, 0.717) is 13.0 Å². The number of rotatable bonds is 8. The molecule has 2 N–H and O–H groups in total. The van der Waals surface area contributed by atoms with Crippen LogP contribution in [-0.4, -0.2) is 59.8 Å². The molecule has 7 rings (SSSR count). The third-order valence-corrected chi connectivity index (χ3v) is 13.0. The molecule has 4 aromatic carbocycles. The first kappa shape index (κ1) is 30.8. The van der Waals surface area contributed by atoms with Crippen molar-refractivity contribution in [3.8, 4) is 0 Å². The van der Waals surface area contributed by atoms with E-state index in [2.05, 4.69) is 25.1 Å². The summed E-state index contributed by atoms with van der Waals surface area (Å²) in [6, 6.07) is 27.9. The molecule has 0 bridgehead atoms. The summed E-state index contributed by atoms with van der Waals surface area (Å²) in [7, 11) is -2.68. The standard InChI is InChI=1S/C38H42N2O5Si/c1-24-33(18-17-25-9-6-14-29(19-25)40-32-16-8-13-26-12-7-15-31(36(26)32)38(40)43)45-34(37(24)46(2,3)44)21-35(42)39-22-28-11-5-4-10-27(28)20-30(39)23-41/h4-16,19,24,30,33-34,37,41,44H,17-18,20-23H2,1-3H3/t24-,30+,33+,34-,37+/m1/s1. The molecule has 238 valence electrons. The Kier molecular flexibility index (Phi) is 8.09. The number of hydrogen-bond donors (Lipinski definition) is 2. The lowest BCUT2D eigenvalue weighted by Crippen LogP contribution is -2.48. The van der Waals surface area contributed by atoms with Crippen molar-refractivity contribution in [2.75, 3.05) is 11.5 Å². The molecule has 0 aromatic heterocycles. The first-order chi connectivity index (χ1) is 22.1. The fourth-order valence-corrected chi connectivity index (χ4v) is 10.9. The number of ether oxygens (including phenoxy) is 1. The van der Waals surface area contributed by atoms with E-state index < -0.39 is 8.32 Å². The summed E-state index contributed by atoms with van der Waals surface area (Å²) < 4.78 is 6.66. The maximum absolute atomic E-state index is 13.8. The monoisotopic (exact) mass is 634 g/mol. The zero-order valence-electron chi connectivity index (χ0n) is 26.7. The number of aliphatic hydroxyl groups is 1. The van der Waals surface area contributed by atoms with Crippen molar-refractivity contribution in [1.29, 1.82) is 0 Å². The van der Waals surface area contributed by atoms with Crippen molar-refractivity contribution in [1.82, 2.24) is 4.90 Å². The Hall–Kier alpha value is -3.82. The molecule has 0 unspecified atom stereocenters. The van der Waals surface area contributed by atoms with Gasteiger partial charge in [-0.05, 0) is 84.6 Å². The third kappa shape index (κ3) is 5.47. The van der Waals surface area contributed by atoms with Gasteiger partial charge in [0.15, 0.2) is 8.32 Å². The molecular weight excluding hydrogens is 593 g/mol. The van der Waals surface area contributed by atoms with Crippen molar-refractivity contribution in [2.24, 2.45) is 5.92 Å². The Bertz CT molecular complexity index is 1800. The number of benzene rings is 4. The quantitative estimate of drug-likeness (QED) is 0.220. The van der Waals surface area contributed by atoms with Gasteiger partial charge in [0.2, 0.25) is 5.91 Å². The fourth-order valence-electron chi connectivity index (χ4n) is 8.27. The van der Waals surface area contributed by atoms with Gasteiger partial charge in [-0.25, -0.2) is 0 Å². The Morgan fingerprint density at radius 1 is 0.957 bits per heavy atom. The molecule has 46 heavy (non-hydrogen) atoms. The first-order valence-electron chi connectivity index (χ1n) is 16.4. The number of amides is 2. The van der Waals surface area contributed by atoms with Gasteiger partial charge in [-0.1, -0.05) is 67.6 Å². The number of carbonyl (C=O) groups excluding carboxylic acids is 2. The van der Waals surface area contributed by atoms with Gasteiger partial charge in [-0.2, -0.15) is 0 Å². The van der Waals surface area contributed by atoms with Crippen molar-refractivity contribution in [2.45, 2.75) is 76.0 Å². The molecule has 3 heterocycles. The summed E-state index contributed by atoms with van der Waals surface area (Å²) in [5.74, 6) is 0.0482. The number of fused-ring (bicyclic) bond motifs is 1. The van der Waals surface area contributed by atoms with E-state index in [1.807, 2.05) is 84.7 Å². The predicted octanol–water partition coefficient (Wildman–Crippen LogP) is 6.37. The van der Waals surface area contributed by atoms with E-state index in [-0.39, 0.29) is 54.6 Å². The minimum atomic E-state index is -2.68. The third-order valence-electron chi connectivity index (χ3n) is 10.4. The number of hydrogen-bond acceptors (Lipinski definition) is 5. The largest absolute Gasteiger partial charge is 0.432 e. The number of aryl methyl sites for hydroxylation is 1. The average Bonchev–Trinajstić information content (AvgIpc) is 3.52. The van der Waals surface area contributed by atoms with Crippen molar-refractivity contribution in [3.63, 3.8) is 0 Å². The molecule has 5 atom stereocenters. The topological polar surface area (TPSA) is 90.3 Å². The molecule has 1 fully saturated rings. The summed E-state index contributed by atoms with van der Waals surface area (Å²) in [4.78, 5) is 42.3. The second-order valence-corrected chi connectivity index (χ2v) is 17.8. The van der Waals surface area contributed by atoms with Crippen molar-refractivity contribution >= 4 is 42.3 Å². The van der Waals surface area contributed by atoms with E-state index >= 15 is 0 Å². The van der Waals surface area contributed by atoms with Gasteiger partial charge in [0, 0.05) is 23.2 Å². The summed E-state index contributed by atoms with van der Waals surface area (Å²) in [6.07, 6.45) is 1.85. The number of carbonyl (C=O) groups is 2. The highest BCUT2D eigenvalue weighted by Crippen LogP contribution is 2.46. The van der Waals surface area contributed by atoms with Crippen LogP contribution in [0, 0.1) is 5.92 Å². The van der Waals surface area contributed by atoms with Gasteiger partial charge in [0.05, 0.1) is 42.5 Å². The van der Waals surface area contributed by atoms with Crippen LogP contribution in [0.25, 0.3) is 10.8 Å². The molecule has 7 nitrogen and oxygen atoms in total. The lowest BCUT2D eigenvalue weighted by atomic mass is 9.93. The van der Waals surface area contributed by atoms with Crippen LogP contribution in [0.4, 0.5) is 11.4 Å². The van der Waals surface area contributed by atoms with Crippen LogP contribution in [0.2, 0.25) is 18.6 Å². The van der Waals surface area contributed by atoms with Crippen LogP contribution in [0.3, 0.4) is 0 Å². The zero-order chi connectivity index (χ0) is 32.2. The van der Waals surface area contributed by atoms with E-state index in [0.717, 1.165) is 51.7 Å². The maximum atomic E-state index is 13.8. The number of nitrogens with zero attached hydrogens (tertiary/aromatic N) is 2. The van der Waals surface area contributed by atoms with Crippen LogP contribution < -0.4 is 4.90 Å². The summed E-state index contributed by atoms with van der Waals surface area (Å²) >= 11 is 0. The number of aliphatic hydroxyl groups excluding tert-OH is 1. The van der Waals surface area contributed by atoms with Crippen LogP contribution in [0.1, 0.15) is 46.8 Å². The Labute approximate surface area is 271 Å². The molecular formula is C38H42N2O5Si. The van der Waals surface area contributed by atoms with Gasteiger partial charge in [0.25, 0.3) is 5.91 Å². The van der Waals surface area contributed by atoms with E-state index in [1.165, 1.54) is 5.56 Å². The van der Waals surface area contributed by atoms with Gasteiger partial charge < -0.3 is 19.5 Å². The zero-order valence-corrected chi connectivity index (χ0v) is 27.7. The molecule has 0 radical (unpaired) electrons. The predicted molar refractivity (Wildman–Crippen MR) is 183 cm³/mol. The highest BCUT2D eigenvalue weighted by atomic mass is 28.4. The maximum Gasteiger partial charge on any atom is 0.263 e. The Balaban J connectivity index is 1.06. The lowest BCUT2D eigenvalue weighted by Gasteiger charge is -2.37. The molecule has 0 saturated carbocycles. The Morgan fingerprint density at radius 2 is 1.70 bits per heavy atom. The van der Waals surface area contributed by atoms with E-state index in [9.17, 15) is 19.5 Å². The number of anilines is 2. The van der Waals surface area contributed by atoms with Crippen molar-refractivity contribution in [3.05, 3.63) is 107 Å². The molecule has 8 heteroatoms. The normalized spacial score (nSPS) is 24.1. The minimum absolute atomic E-state index is 0.0113. The molecule has 0 aliphatic carbocycles. The van der Waals surface area contributed by atoms with Gasteiger partial charge in [-0.3, -0.25) is 14.5 Å².